The number of anilines is 1. The molecule has 8 heteroatoms. The molecule has 3 rings (SSSR count). The Balaban J connectivity index is 0.00000225. The zero-order valence-electron chi connectivity index (χ0n) is 14.4. The number of nitrogens with zero attached hydrogens (tertiary/aromatic N) is 3. The minimum Gasteiger partial charge on any atom is -0.462 e. The van der Waals surface area contributed by atoms with Gasteiger partial charge in [0.15, 0.2) is 0 Å². The van der Waals surface area contributed by atoms with E-state index in [1.54, 1.807) is 19.2 Å². The third kappa shape index (κ3) is 4.61. The molecule has 0 radical (unpaired) electrons. The molecule has 1 amide bonds. The molecule has 3 heterocycles. The number of hydrogen-bond acceptors (Lipinski definition) is 6. The maximum absolute atomic E-state index is 12.4. The summed E-state index contributed by atoms with van der Waals surface area (Å²) in [7, 11) is 0. The molecule has 1 aromatic rings. The SMILES string of the molecule is CCOC(=O)c1ccc(N2CCCN(C(=O)C3CNC3)CC2)nc1.Cl. The van der Waals surface area contributed by atoms with E-state index in [2.05, 4.69) is 15.2 Å². The van der Waals surface area contributed by atoms with Gasteiger partial charge in [0.1, 0.15) is 5.82 Å². The molecule has 2 saturated heterocycles. The molecular formula is C17H25ClN4O3. The van der Waals surface area contributed by atoms with Crippen molar-refractivity contribution < 1.29 is 14.3 Å². The minimum absolute atomic E-state index is 0. The highest BCUT2D eigenvalue weighted by molar-refractivity contribution is 5.89. The molecule has 25 heavy (non-hydrogen) atoms. The second-order valence-electron chi connectivity index (χ2n) is 6.15. The number of hydrogen-bond donors (Lipinski definition) is 1. The van der Waals surface area contributed by atoms with Crippen LogP contribution in [0.1, 0.15) is 23.7 Å². The van der Waals surface area contributed by atoms with Gasteiger partial charge in [0, 0.05) is 45.5 Å². The van der Waals surface area contributed by atoms with Crippen molar-refractivity contribution in [3.63, 3.8) is 0 Å². The highest BCUT2D eigenvalue weighted by Crippen LogP contribution is 2.17. The average Bonchev–Trinajstić information content (AvgIpc) is 2.79. The quantitative estimate of drug-likeness (QED) is 0.797. The van der Waals surface area contributed by atoms with Crippen molar-refractivity contribution in [2.75, 3.05) is 50.8 Å². The van der Waals surface area contributed by atoms with Gasteiger partial charge in [0.05, 0.1) is 18.1 Å². The van der Waals surface area contributed by atoms with Gasteiger partial charge in [-0.3, -0.25) is 4.79 Å². The topological polar surface area (TPSA) is 74.8 Å². The summed E-state index contributed by atoms with van der Waals surface area (Å²) in [6.07, 6.45) is 2.48. The first-order chi connectivity index (χ1) is 11.7. The van der Waals surface area contributed by atoms with Gasteiger partial charge >= 0.3 is 5.97 Å². The second kappa shape index (κ2) is 9.01. The fourth-order valence-electron chi connectivity index (χ4n) is 3.00. The molecule has 0 spiro atoms. The van der Waals surface area contributed by atoms with Crippen LogP contribution in [0.15, 0.2) is 18.3 Å². The summed E-state index contributed by atoms with van der Waals surface area (Å²) in [6, 6.07) is 3.59. The van der Waals surface area contributed by atoms with Gasteiger partial charge in [-0.25, -0.2) is 9.78 Å². The molecular weight excluding hydrogens is 344 g/mol. The number of rotatable bonds is 4. The lowest BCUT2D eigenvalue weighted by Gasteiger charge is -2.31. The first-order valence-corrected chi connectivity index (χ1v) is 8.56. The van der Waals surface area contributed by atoms with Crippen LogP contribution in [0.2, 0.25) is 0 Å². The lowest BCUT2D eigenvalue weighted by atomic mass is 10.0. The van der Waals surface area contributed by atoms with Gasteiger partial charge < -0.3 is 19.9 Å². The van der Waals surface area contributed by atoms with Gasteiger partial charge in [0.25, 0.3) is 0 Å². The molecule has 1 N–H and O–H groups in total. The molecule has 0 aromatic carbocycles. The molecule has 0 bridgehead atoms. The molecule has 0 saturated carbocycles. The number of carbonyl (C=O) groups excluding carboxylic acids is 2. The van der Waals surface area contributed by atoms with Gasteiger partial charge in [-0.2, -0.15) is 0 Å². The van der Waals surface area contributed by atoms with Crippen molar-refractivity contribution in [3.8, 4) is 0 Å². The Morgan fingerprint density at radius 1 is 1.24 bits per heavy atom. The zero-order chi connectivity index (χ0) is 16.9. The van der Waals surface area contributed by atoms with E-state index in [0.29, 0.717) is 12.2 Å². The normalized spacial score (nSPS) is 18.0. The Hall–Kier alpha value is -1.86. The summed E-state index contributed by atoms with van der Waals surface area (Å²) in [5, 5.41) is 3.15. The number of esters is 1. The maximum Gasteiger partial charge on any atom is 0.339 e. The Kier molecular flexibility index (Phi) is 7.01. The molecule has 1 aromatic heterocycles. The Bertz CT molecular complexity index is 592. The van der Waals surface area contributed by atoms with Crippen LogP contribution in [0.25, 0.3) is 0 Å². The summed E-state index contributed by atoms with van der Waals surface area (Å²) in [4.78, 5) is 32.6. The van der Waals surface area contributed by atoms with Crippen molar-refractivity contribution in [2.45, 2.75) is 13.3 Å². The molecule has 2 aliphatic rings. The smallest absolute Gasteiger partial charge is 0.339 e. The summed E-state index contributed by atoms with van der Waals surface area (Å²) in [5.41, 5.74) is 0.463. The summed E-state index contributed by atoms with van der Waals surface area (Å²) in [6.45, 7) is 6.88. The van der Waals surface area contributed by atoms with Crippen LogP contribution in [0, 0.1) is 5.92 Å². The highest BCUT2D eigenvalue weighted by Gasteiger charge is 2.30. The predicted molar refractivity (Wildman–Crippen MR) is 97.2 cm³/mol. The molecule has 2 fully saturated rings. The highest BCUT2D eigenvalue weighted by atomic mass is 35.5. The van der Waals surface area contributed by atoms with E-state index >= 15 is 0 Å². The first kappa shape index (κ1) is 19.5. The first-order valence-electron chi connectivity index (χ1n) is 8.56. The second-order valence-corrected chi connectivity index (χ2v) is 6.15. The molecule has 7 nitrogen and oxygen atoms in total. The van der Waals surface area contributed by atoms with Crippen molar-refractivity contribution in [1.29, 1.82) is 0 Å². The number of ether oxygens (including phenoxy) is 1. The Labute approximate surface area is 154 Å². The molecule has 138 valence electrons. The van der Waals surface area contributed by atoms with E-state index in [4.69, 9.17) is 4.74 Å². The van der Waals surface area contributed by atoms with Crippen LogP contribution in [-0.4, -0.2) is 67.6 Å². The van der Waals surface area contributed by atoms with Gasteiger partial charge in [-0.15, -0.1) is 12.4 Å². The van der Waals surface area contributed by atoms with Crippen molar-refractivity contribution in [2.24, 2.45) is 5.92 Å². The number of carbonyl (C=O) groups is 2. The van der Waals surface area contributed by atoms with Crippen LogP contribution >= 0.6 is 12.4 Å². The summed E-state index contributed by atoms with van der Waals surface area (Å²) >= 11 is 0. The van der Waals surface area contributed by atoms with E-state index in [0.717, 1.165) is 51.5 Å². The van der Waals surface area contributed by atoms with Gasteiger partial charge in [-0.1, -0.05) is 0 Å². The number of amides is 1. The summed E-state index contributed by atoms with van der Waals surface area (Å²) < 4.78 is 4.97. The van der Waals surface area contributed by atoms with E-state index in [9.17, 15) is 9.59 Å². The number of aromatic nitrogens is 1. The van der Waals surface area contributed by atoms with Crippen LogP contribution in [-0.2, 0) is 9.53 Å². The molecule has 2 aliphatic heterocycles. The number of nitrogens with one attached hydrogen (secondary N) is 1. The molecule has 0 aliphatic carbocycles. The van der Waals surface area contributed by atoms with E-state index in [1.807, 2.05) is 11.0 Å². The fourth-order valence-corrected chi connectivity index (χ4v) is 3.00. The van der Waals surface area contributed by atoms with Crippen molar-refractivity contribution in [3.05, 3.63) is 23.9 Å². The zero-order valence-corrected chi connectivity index (χ0v) is 15.3. The average molecular weight is 369 g/mol. The van der Waals surface area contributed by atoms with Crippen molar-refractivity contribution >= 4 is 30.1 Å². The van der Waals surface area contributed by atoms with Crippen LogP contribution in [0.3, 0.4) is 0 Å². The van der Waals surface area contributed by atoms with Crippen LogP contribution in [0.5, 0.6) is 0 Å². The van der Waals surface area contributed by atoms with E-state index in [-0.39, 0.29) is 30.2 Å². The van der Waals surface area contributed by atoms with Crippen molar-refractivity contribution in [1.82, 2.24) is 15.2 Å². The third-order valence-corrected chi connectivity index (χ3v) is 4.52. The lowest BCUT2D eigenvalue weighted by molar-refractivity contribution is -0.136. The van der Waals surface area contributed by atoms with Gasteiger partial charge in [-0.05, 0) is 25.5 Å². The monoisotopic (exact) mass is 368 g/mol. The summed E-state index contributed by atoms with van der Waals surface area (Å²) in [5.74, 6) is 0.903. The standard InChI is InChI=1S/C17H24N4O3.ClH/c1-2-24-17(23)13-4-5-15(19-12-13)20-6-3-7-21(9-8-20)16(22)14-10-18-11-14;/h4-5,12,14,18H,2-3,6-11H2,1H3;1H. The van der Waals surface area contributed by atoms with Crippen LogP contribution in [0.4, 0.5) is 5.82 Å². The van der Waals surface area contributed by atoms with Crippen LogP contribution < -0.4 is 10.2 Å². The third-order valence-electron chi connectivity index (χ3n) is 4.52. The predicted octanol–water partition coefficient (Wildman–Crippen LogP) is 0.938. The maximum atomic E-state index is 12.4. The van der Waals surface area contributed by atoms with E-state index < -0.39 is 0 Å². The number of halogens is 1. The largest absolute Gasteiger partial charge is 0.462 e. The van der Waals surface area contributed by atoms with Gasteiger partial charge in [0.2, 0.25) is 5.91 Å². The number of pyridine rings is 1. The van der Waals surface area contributed by atoms with E-state index in [1.165, 1.54) is 0 Å². The minimum atomic E-state index is -0.349. The lowest BCUT2D eigenvalue weighted by Crippen LogP contribution is -2.52. The fraction of sp³-hybridized carbons (Fsp3) is 0.588. The molecule has 0 unspecified atom stereocenters. The Morgan fingerprint density at radius 2 is 2.04 bits per heavy atom. The molecule has 0 atom stereocenters. The Morgan fingerprint density at radius 3 is 2.64 bits per heavy atom.